The highest BCUT2D eigenvalue weighted by Crippen LogP contribution is 2.20. The minimum Gasteiger partial charge on any atom is -0.296 e. The molecule has 0 aliphatic heterocycles. The van der Waals surface area contributed by atoms with Crippen molar-refractivity contribution in [3.8, 4) is 0 Å². The van der Waals surface area contributed by atoms with Gasteiger partial charge in [-0.1, -0.05) is 30.4 Å². The molecule has 3 rings (SSSR count). The maximum absolute atomic E-state index is 12.3. The predicted molar refractivity (Wildman–Crippen MR) is 79.0 cm³/mol. The summed E-state index contributed by atoms with van der Waals surface area (Å²) in [6.45, 7) is 2.00. The van der Waals surface area contributed by atoms with Crippen molar-refractivity contribution in [2.24, 2.45) is 0 Å². The van der Waals surface area contributed by atoms with Crippen LogP contribution in [0.5, 0.6) is 0 Å². The second kappa shape index (κ2) is 5.34. The van der Waals surface area contributed by atoms with Crippen LogP contribution in [0.3, 0.4) is 0 Å². The third-order valence-corrected chi connectivity index (χ3v) is 3.86. The van der Waals surface area contributed by atoms with Crippen molar-refractivity contribution in [3.05, 3.63) is 47.1 Å². The molecule has 2 heterocycles. The van der Waals surface area contributed by atoms with Gasteiger partial charge in [-0.25, -0.2) is 0 Å². The highest BCUT2D eigenvalue weighted by atomic mass is 32.1. The van der Waals surface area contributed by atoms with E-state index in [1.54, 1.807) is 12.3 Å². The van der Waals surface area contributed by atoms with Crippen LogP contribution in [0.4, 0.5) is 5.13 Å². The van der Waals surface area contributed by atoms with E-state index in [2.05, 4.69) is 20.5 Å². The fourth-order valence-corrected chi connectivity index (χ4v) is 2.59. The third kappa shape index (κ3) is 2.37. The molecule has 0 bridgehead atoms. The normalized spacial score (nSPS) is 10.7. The van der Waals surface area contributed by atoms with E-state index in [-0.39, 0.29) is 5.91 Å². The molecule has 3 aromatic rings. The van der Waals surface area contributed by atoms with E-state index in [0.717, 1.165) is 22.3 Å². The number of pyridine rings is 1. The molecule has 1 amide bonds. The standard InChI is InChI=1S/C14H12N4OS/c1-2-12-17-18-14(20-12)16-13(19)10-5-3-7-11-9(10)6-4-8-15-11/h3-8H,2H2,1H3,(H,16,18,19). The van der Waals surface area contributed by atoms with Gasteiger partial charge in [-0.3, -0.25) is 15.1 Å². The Labute approximate surface area is 119 Å². The van der Waals surface area contributed by atoms with E-state index in [0.29, 0.717) is 10.7 Å². The van der Waals surface area contributed by atoms with Gasteiger partial charge in [-0.15, -0.1) is 10.2 Å². The largest absolute Gasteiger partial charge is 0.296 e. The van der Waals surface area contributed by atoms with Crippen molar-refractivity contribution in [1.29, 1.82) is 0 Å². The number of carbonyl (C=O) groups is 1. The fraction of sp³-hybridized carbons (Fsp3) is 0.143. The Bertz CT molecular complexity index is 763. The minimum atomic E-state index is -0.192. The summed E-state index contributed by atoms with van der Waals surface area (Å²) in [6, 6.07) is 9.18. The van der Waals surface area contributed by atoms with Crippen molar-refractivity contribution in [2.45, 2.75) is 13.3 Å². The molecular weight excluding hydrogens is 272 g/mol. The molecule has 5 nitrogen and oxygen atoms in total. The van der Waals surface area contributed by atoms with Gasteiger partial charge >= 0.3 is 0 Å². The molecule has 0 atom stereocenters. The number of fused-ring (bicyclic) bond motifs is 1. The molecule has 0 fully saturated rings. The summed E-state index contributed by atoms with van der Waals surface area (Å²) in [6.07, 6.45) is 2.52. The Morgan fingerprint density at radius 2 is 2.15 bits per heavy atom. The van der Waals surface area contributed by atoms with Gasteiger partial charge in [0.1, 0.15) is 5.01 Å². The zero-order valence-electron chi connectivity index (χ0n) is 10.8. The molecule has 1 N–H and O–H groups in total. The van der Waals surface area contributed by atoms with Crippen molar-refractivity contribution in [1.82, 2.24) is 15.2 Å². The molecule has 0 aliphatic rings. The molecule has 0 unspecified atom stereocenters. The van der Waals surface area contributed by atoms with E-state index in [1.165, 1.54) is 11.3 Å². The molecule has 100 valence electrons. The zero-order valence-corrected chi connectivity index (χ0v) is 11.6. The first-order valence-electron chi connectivity index (χ1n) is 6.25. The number of nitrogens with zero attached hydrogens (tertiary/aromatic N) is 3. The summed E-state index contributed by atoms with van der Waals surface area (Å²) in [4.78, 5) is 16.6. The van der Waals surface area contributed by atoms with Crippen LogP contribution in [0.1, 0.15) is 22.3 Å². The number of anilines is 1. The molecule has 0 spiro atoms. The summed E-state index contributed by atoms with van der Waals surface area (Å²) < 4.78 is 0. The molecule has 0 saturated heterocycles. The Balaban J connectivity index is 1.92. The van der Waals surface area contributed by atoms with Gasteiger partial charge in [-0.2, -0.15) is 0 Å². The SMILES string of the molecule is CCc1nnc(NC(=O)c2cccc3ncccc23)s1. The quantitative estimate of drug-likeness (QED) is 0.803. The molecule has 20 heavy (non-hydrogen) atoms. The van der Waals surface area contributed by atoms with E-state index in [9.17, 15) is 4.79 Å². The number of carbonyl (C=O) groups excluding carboxylic acids is 1. The number of rotatable bonds is 3. The Morgan fingerprint density at radius 3 is 2.95 bits per heavy atom. The lowest BCUT2D eigenvalue weighted by atomic mass is 10.1. The van der Waals surface area contributed by atoms with Crippen LogP contribution in [-0.2, 0) is 6.42 Å². The fourth-order valence-electron chi connectivity index (χ4n) is 1.91. The predicted octanol–water partition coefficient (Wildman–Crippen LogP) is 2.90. The van der Waals surface area contributed by atoms with Crippen LogP contribution in [0.15, 0.2) is 36.5 Å². The van der Waals surface area contributed by atoms with Crippen molar-refractivity contribution in [3.63, 3.8) is 0 Å². The molecule has 1 aromatic carbocycles. The summed E-state index contributed by atoms with van der Waals surface area (Å²) in [5, 5.41) is 13.0. The monoisotopic (exact) mass is 284 g/mol. The number of benzene rings is 1. The zero-order chi connectivity index (χ0) is 13.9. The van der Waals surface area contributed by atoms with Crippen LogP contribution in [0.25, 0.3) is 10.9 Å². The van der Waals surface area contributed by atoms with E-state index >= 15 is 0 Å². The second-order valence-electron chi connectivity index (χ2n) is 4.18. The van der Waals surface area contributed by atoms with E-state index in [1.807, 2.05) is 31.2 Å². The smallest absolute Gasteiger partial charge is 0.258 e. The number of hydrogen-bond acceptors (Lipinski definition) is 5. The maximum Gasteiger partial charge on any atom is 0.258 e. The van der Waals surface area contributed by atoms with Crippen LogP contribution in [0.2, 0.25) is 0 Å². The topological polar surface area (TPSA) is 67.8 Å². The second-order valence-corrected chi connectivity index (χ2v) is 5.25. The number of hydrogen-bond donors (Lipinski definition) is 1. The van der Waals surface area contributed by atoms with Crippen LogP contribution >= 0.6 is 11.3 Å². The number of aromatic nitrogens is 3. The maximum atomic E-state index is 12.3. The third-order valence-electron chi connectivity index (χ3n) is 2.88. The lowest BCUT2D eigenvalue weighted by molar-refractivity contribution is 0.102. The lowest BCUT2D eigenvalue weighted by Crippen LogP contribution is -2.12. The molecule has 0 saturated carbocycles. The van der Waals surface area contributed by atoms with E-state index in [4.69, 9.17) is 0 Å². The average Bonchev–Trinajstić information content (AvgIpc) is 2.94. The van der Waals surface area contributed by atoms with Gasteiger partial charge in [-0.05, 0) is 24.6 Å². The molecule has 2 aromatic heterocycles. The Hall–Kier alpha value is -2.34. The van der Waals surface area contributed by atoms with Gasteiger partial charge in [0.25, 0.3) is 5.91 Å². The number of amides is 1. The van der Waals surface area contributed by atoms with E-state index < -0.39 is 0 Å². The van der Waals surface area contributed by atoms with Gasteiger partial charge in [0, 0.05) is 17.1 Å². The highest BCUT2D eigenvalue weighted by molar-refractivity contribution is 7.15. The highest BCUT2D eigenvalue weighted by Gasteiger charge is 2.12. The van der Waals surface area contributed by atoms with Gasteiger partial charge in [0.05, 0.1) is 5.52 Å². The van der Waals surface area contributed by atoms with Crippen LogP contribution in [0, 0.1) is 0 Å². The molecule has 0 aliphatic carbocycles. The Morgan fingerprint density at radius 1 is 1.25 bits per heavy atom. The van der Waals surface area contributed by atoms with Crippen molar-refractivity contribution >= 4 is 33.3 Å². The molecule has 6 heteroatoms. The number of aryl methyl sites for hydroxylation is 1. The van der Waals surface area contributed by atoms with Crippen molar-refractivity contribution in [2.75, 3.05) is 5.32 Å². The molecular formula is C14H12N4OS. The van der Waals surface area contributed by atoms with Crippen LogP contribution < -0.4 is 5.32 Å². The average molecular weight is 284 g/mol. The van der Waals surface area contributed by atoms with Gasteiger partial charge < -0.3 is 0 Å². The summed E-state index contributed by atoms with van der Waals surface area (Å²) >= 11 is 1.39. The number of nitrogens with one attached hydrogen (secondary N) is 1. The summed E-state index contributed by atoms with van der Waals surface area (Å²) in [5.41, 5.74) is 1.38. The first-order valence-corrected chi connectivity index (χ1v) is 7.07. The Kier molecular flexibility index (Phi) is 3.39. The minimum absolute atomic E-state index is 0.192. The van der Waals surface area contributed by atoms with Crippen molar-refractivity contribution < 1.29 is 4.79 Å². The summed E-state index contributed by atoms with van der Waals surface area (Å²) in [5.74, 6) is -0.192. The summed E-state index contributed by atoms with van der Waals surface area (Å²) in [7, 11) is 0. The first kappa shape index (κ1) is 12.7. The lowest BCUT2D eigenvalue weighted by Gasteiger charge is -2.04. The van der Waals surface area contributed by atoms with Crippen LogP contribution in [-0.4, -0.2) is 21.1 Å². The molecule has 0 radical (unpaired) electrons. The first-order chi connectivity index (χ1) is 9.78. The van der Waals surface area contributed by atoms with Gasteiger partial charge in [0.15, 0.2) is 0 Å². The van der Waals surface area contributed by atoms with Gasteiger partial charge in [0.2, 0.25) is 5.13 Å².